The van der Waals surface area contributed by atoms with Crippen molar-refractivity contribution >= 4 is 20.5 Å². The molecule has 0 atom stereocenters. The lowest BCUT2D eigenvalue weighted by Crippen LogP contribution is -3.00. The zero-order chi connectivity index (χ0) is 43.0. The average Bonchev–Trinajstić information content (AvgIpc) is 3.19. The van der Waals surface area contributed by atoms with Crippen molar-refractivity contribution in [3.8, 4) is 0 Å². The van der Waals surface area contributed by atoms with Gasteiger partial charge in [-0.05, 0) is 90.9 Å². The van der Waals surface area contributed by atoms with E-state index in [0.29, 0.717) is 0 Å². The summed E-state index contributed by atoms with van der Waals surface area (Å²) in [6.45, 7) is 20.2. The Kier molecular flexibility index (Phi) is 60.8. The number of aliphatic carboxylic acids is 1. The number of carboxylic acid groups (broad SMARTS) is 1. The van der Waals surface area contributed by atoms with Crippen LogP contribution in [-0.2, 0) is 4.79 Å². The van der Waals surface area contributed by atoms with Crippen LogP contribution in [0.5, 0.6) is 0 Å². The van der Waals surface area contributed by atoms with E-state index in [1.807, 2.05) is 0 Å². The molecule has 0 rings (SSSR count). The maximum Gasteiger partial charge on any atom is 0.0594 e. The summed E-state index contributed by atoms with van der Waals surface area (Å²) >= 11 is 0. The number of hydrogen-bond acceptors (Lipinski definition) is 2. The molecule has 0 aliphatic heterocycles. The molecule has 0 radical (unpaired) electrons. The second-order valence-electron chi connectivity index (χ2n) is 18.7. The maximum absolute atomic E-state index is 8.89. The summed E-state index contributed by atoms with van der Waals surface area (Å²) in [6.07, 6.45) is 64.2. The molecule has 0 aromatic heterocycles. The number of rotatable bonds is 43. The summed E-state index contributed by atoms with van der Waals surface area (Å²) in [7, 11) is -1.28. The Bertz CT molecular complexity index is 662. The average molecular weight is 924 g/mol. The quantitative estimate of drug-likeness (QED) is 0.0452. The summed E-state index contributed by atoms with van der Waals surface area (Å²) in [5, 5.41) is 8.89. The normalized spacial score (nSPS) is 11.4. The fourth-order valence-electron chi connectivity index (χ4n) is 8.65. The summed E-state index contributed by atoms with van der Waals surface area (Å²) in [4.78, 5) is 8.89. The SMILES string of the molecule is CC(=O)[O-].CCCCCCCC[P+](C)(CCCCCCCC)CCCCCCCC.CCCCCCCC[P+](CC)(CCCCCCCC)CCCCCCCC.[Br-]. The minimum atomic E-state index is -1.08. The van der Waals surface area contributed by atoms with Gasteiger partial charge < -0.3 is 26.9 Å². The first-order chi connectivity index (χ1) is 27.7. The number of unbranched alkanes of at least 4 members (excludes halogenated alkanes) is 30. The lowest BCUT2D eigenvalue weighted by molar-refractivity contribution is -0.302. The van der Waals surface area contributed by atoms with Gasteiger partial charge in [0.05, 0.1) is 43.1 Å². The van der Waals surface area contributed by atoms with E-state index in [1.54, 1.807) is 37.0 Å². The molecular formula is C53H113BrO2P2. The Morgan fingerprint density at radius 3 is 0.655 bits per heavy atom. The van der Waals surface area contributed by atoms with Crippen LogP contribution < -0.4 is 22.1 Å². The van der Waals surface area contributed by atoms with Crippen LogP contribution in [0.1, 0.15) is 287 Å². The van der Waals surface area contributed by atoms with Gasteiger partial charge in [-0.2, -0.15) is 0 Å². The van der Waals surface area contributed by atoms with Crippen LogP contribution in [0.4, 0.5) is 0 Å². The van der Waals surface area contributed by atoms with Crippen molar-refractivity contribution in [2.45, 2.75) is 287 Å². The second kappa shape index (κ2) is 53.9. The summed E-state index contributed by atoms with van der Waals surface area (Å²) < 4.78 is 0. The molecule has 5 heteroatoms. The van der Waals surface area contributed by atoms with Gasteiger partial charge in [-0.15, -0.1) is 0 Å². The van der Waals surface area contributed by atoms with Gasteiger partial charge in [-0.25, -0.2) is 0 Å². The van der Waals surface area contributed by atoms with Crippen LogP contribution in [0.15, 0.2) is 0 Å². The molecule has 2 nitrogen and oxygen atoms in total. The molecule has 0 amide bonds. The van der Waals surface area contributed by atoms with Gasteiger partial charge in [-0.3, -0.25) is 0 Å². The van der Waals surface area contributed by atoms with Gasteiger partial charge in [0, 0.05) is 27.2 Å². The van der Waals surface area contributed by atoms with Crippen LogP contribution >= 0.6 is 14.5 Å². The molecule has 0 aliphatic carbocycles. The van der Waals surface area contributed by atoms with E-state index in [-0.39, 0.29) is 17.0 Å². The van der Waals surface area contributed by atoms with E-state index in [1.165, 1.54) is 237 Å². The number of carboxylic acids is 1. The zero-order valence-electron chi connectivity index (χ0n) is 42.0. The molecule has 0 N–H and O–H groups in total. The summed E-state index contributed by atoms with van der Waals surface area (Å²) in [6, 6.07) is 0. The van der Waals surface area contributed by atoms with Crippen molar-refractivity contribution in [2.24, 2.45) is 0 Å². The highest BCUT2D eigenvalue weighted by molar-refractivity contribution is 7.76. The molecule has 0 heterocycles. The van der Waals surface area contributed by atoms with Crippen LogP contribution in [0.3, 0.4) is 0 Å². The first-order valence-electron chi connectivity index (χ1n) is 26.5. The molecule has 354 valence electrons. The highest BCUT2D eigenvalue weighted by Gasteiger charge is 2.33. The Hall–Kier alpha value is 0.810. The van der Waals surface area contributed by atoms with E-state index >= 15 is 0 Å². The molecule has 0 aliphatic rings. The second-order valence-corrected chi connectivity index (χ2v) is 28.0. The van der Waals surface area contributed by atoms with Crippen LogP contribution in [0.2, 0.25) is 0 Å². The third-order valence-electron chi connectivity index (χ3n) is 12.8. The fraction of sp³-hybridized carbons (Fsp3) is 0.981. The first-order valence-corrected chi connectivity index (χ1v) is 31.8. The molecule has 0 spiro atoms. The molecule has 0 aromatic rings. The van der Waals surface area contributed by atoms with Crippen molar-refractivity contribution in [3.05, 3.63) is 0 Å². The molecule has 0 saturated heterocycles. The fourth-order valence-corrected chi connectivity index (χ4v) is 16.6. The minimum Gasteiger partial charge on any atom is -1.00 e. The van der Waals surface area contributed by atoms with Gasteiger partial charge in [0.1, 0.15) is 0 Å². The highest BCUT2D eigenvalue weighted by atomic mass is 79.9. The van der Waals surface area contributed by atoms with Crippen LogP contribution in [-0.4, -0.2) is 55.8 Å². The van der Waals surface area contributed by atoms with E-state index in [9.17, 15) is 0 Å². The first kappa shape index (κ1) is 65.4. The van der Waals surface area contributed by atoms with Gasteiger partial charge in [0.25, 0.3) is 0 Å². The summed E-state index contributed by atoms with van der Waals surface area (Å²) in [5.41, 5.74) is 0. The Morgan fingerprint density at radius 1 is 0.328 bits per heavy atom. The lowest BCUT2D eigenvalue weighted by atomic mass is 10.1. The third-order valence-corrected chi connectivity index (χ3v) is 22.1. The molecule has 0 aromatic carbocycles. The number of carbonyl (C=O) groups excluding carboxylic acids is 1. The number of hydrogen-bond donors (Lipinski definition) is 0. The predicted octanol–water partition coefficient (Wildman–Crippen LogP) is 15.6. The van der Waals surface area contributed by atoms with E-state index in [4.69, 9.17) is 9.90 Å². The Balaban J connectivity index is -0.000000452. The largest absolute Gasteiger partial charge is 1.00 e. The van der Waals surface area contributed by atoms with Gasteiger partial charge in [0.15, 0.2) is 0 Å². The monoisotopic (exact) mass is 923 g/mol. The molecule has 0 saturated carbocycles. The molecule has 58 heavy (non-hydrogen) atoms. The number of halogens is 1. The van der Waals surface area contributed by atoms with Crippen molar-refractivity contribution in [2.75, 3.05) is 49.8 Å². The van der Waals surface area contributed by atoms with Crippen LogP contribution in [0, 0.1) is 0 Å². The maximum atomic E-state index is 8.89. The topological polar surface area (TPSA) is 40.1 Å². The van der Waals surface area contributed by atoms with Crippen LogP contribution in [0.25, 0.3) is 0 Å². The smallest absolute Gasteiger partial charge is 0.0594 e. The van der Waals surface area contributed by atoms with Gasteiger partial charge in [0.2, 0.25) is 0 Å². The number of carbonyl (C=O) groups is 1. The molecule has 0 bridgehead atoms. The Labute approximate surface area is 381 Å². The van der Waals surface area contributed by atoms with Crippen molar-refractivity contribution in [3.63, 3.8) is 0 Å². The minimum absolute atomic E-state index is 0. The highest BCUT2D eigenvalue weighted by Crippen LogP contribution is 2.60. The zero-order valence-corrected chi connectivity index (χ0v) is 45.4. The Morgan fingerprint density at radius 2 is 0.483 bits per heavy atom. The van der Waals surface area contributed by atoms with Gasteiger partial charge >= 0.3 is 0 Å². The van der Waals surface area contributed by atoms with E-state index < -0.39 is 20.5 Å². The molecule has 0 unspecified atom stereocenters. The van der Waals surface area contributed by atoms with E-state index in [2.05, 4.69) is 55.1 Å². The lowest BCUT2D eigenvalue weighted by Gasteiger charge is -2.27. The molecular weight excluding hydrogens is 810 g/mol. The van der Waals surface area contributed by atoms with Crippen molar-refractivity contribution in [1.29, 1.82) is 0 Å². The molecule has 0 fully saturated rings. The van der Waals surface area contributed by atoms with Crippen molar-refractivity contribution < 1.29 is 26.9 Å². The van der Waals surface area contributed by atoms with Gasteiger partial charge in [-0.1, -0.05) is 196 Å². The standard InChI is InChI=1S/C26H56P.C25H54P.C2H4O2.BrH/c1-5-9-12-15-18-21-24-27(8-4,25-22-19-16-13-10-6-2)26-23-20-17-14-11-7-3;1-5-8-11-14-17-20-23-26(4,24-21-18-15-12-9-6-2)25-22-19-16-13-10-7-3;1-2(3)4;/h5-26H2,1-4H3;5-25H2,1-4H3;1H3,(H,3,4);1H/q2*+1;;/p-2. The predicted molar refractivity (Wildman–Crippen MR) is 270 cm³/mol. The summed E-state index contributed by atoms with van der Waals surface area (Å²) in [5.74, 6) is -1.08. The third kappa shape index (κ3) is 52.9. The van der Waals surface area contributed by atoms with Crippen molar-refractivity contribution in [1.82, 2.24) is 0 Å². The van der Waals surface area contributed by atoms with E-state index in [0.717, 1.165) is 6.92 Å².